The van der Waals surface area contributed by atoms with E-state index in [1.165, 1.54) is 0 Å². The lowest BCUT2D eigenvalue weighted by atomic mass is 9.79. The highest BCUT2D eigenvalue weighted by Gasteiger charge is 2.36. The van der Waals surface area contributed by atoms with Gasteiger partial charge in [-0.05, 0) is 19.3 Å². The van der Waals surface area contributed by atoms with E-state index in [0.29, 0.717) is 5.69 Å². The highest BCUT2D eigenvalue weighted by molar-refractivity contribution is 5.93. The molecule has 3 rings (SSSR count). The number of nitrogens with two attached hydrogens (primary N) is 1. The van der Waals surface area contributed by atoms with Gasteiger partial charge in [-0.3, -0.25) is 9.59 Å². The average Bonchev–Trinajstić information content (AvgIpc) is 3.00. The van der Waals surface area contributed by atoms with Crippen molar-refractivity contribution in [3.05, 3.63) is 17.7 Å². The zero-order valence-corrected chi connectivity index (χ0v) is 12.2. The number of aromatic nitrogens is 2. The minimum absolute atomic E-state index is 0.126. The van der Waals surface area contributed by atoms with Gasteiger partial charge in [0.15, 0.2) is 0 Å². The zero-order valence-electron chi connectivity index (χ0n) is 12.2. The number of nitrogens with one attached hydrogen (secondary N) is 1. The molecule has 1 saturated carbocycles. The Labute approximate surface area is 124 Å². The molecule has 1 aromatic rings. The summed E-state index contributed by atoms with van der Waals surface area (Å²) < 4.78 is 1.98. The summed E-state index contributed by atoms with van der Waals surface area (Å²) >= 11 is 0. The summed E-state index contributed by atoms with van der Waals surface area (Å²) in [5, 5.41) is 3.10. The molecule has 0 spiro atoms. The first-order valence-corrected chi connectivity index (χ1v) is 7.75. The molecule has 0 saturated heterocycles. The highest BCUT2D eigenvalue weighted by Crippen LogP contribution is 2.31. The van der Waals surface area contributed by atoms with Crippen LogP contribution in [-0.2, 0) is 17.8 Å². The first kappa shape index (κ1) is 14.1. The van der Waals surface area contributed by atoms with Crippen LogP contribution < -0.4 is 11.1 Å². The molecule has 1 fully saturated rings. The van der Waals surface area contributed by atoms with E-state index in [1.807, 2.05) is 4.57 Å². The predicted octanol–water partition coefficient (Wildman–Crippen LogP) is 1.14. The smallest absolute Gasteiger partial charge is 0.270 e. The Bertz CT molecular complexity index is 558. The number of amides is 2. The number of hydrogen-bond donors (Lipinski definition) is 2. The van der Waals surface area contributed by atoms with Crippen molar-refractivity contribution in [3.8, 4) is 0 Å². The van der Waals surface area contributed by atoms with Gasteiger partial charge in [0.25, 0.3) is 5.91 Å². The topological polar surface area (TPSA) is 90.0 Å². The number of fused-ring (bicyclic) bond motifs is 1. The van der Waals surface area contributed by atoms with E-state index in [4.69, 9.17) is 5.73 Å². The Morgan fingerprint density at radius 2 is 2.05 bits per heavy atom. The molecule has 0 unspecified atom stereocenters. The van der Waals surface area contributed by atoms with Gasteiger partial charge in [-0.2, -0.15) is 0 Å². The van der Waals surface area contributed by atoms with Gasteiger partial charge in [0.2, 0.25) is 5.91 Å². The van der Waals surface area contributed by atoms with Crippen LogP contribution in [0.25, 0.3) is 0 Å². The normalized spacial score (nSPS) is 20.0. The van der Waals surface area contributed by atoms with Crippen molar-refractivity contribution in [2.75, 3.05) is 0 Å². The molecule has 0 aromatic carbocycles. The number of rotatable bonds is 4. The van der Waals surface area contributed by atoms with Crippen LogP contribution in [0.3, 0.4) is 0 Å². The summed E-state index contributed by atoms with van der Waals surface area (Å²) in [6, 6.07) is 0. The van der Waals surface area contributed by atoms with Gasteiger partial charge in [0.05, 0.1) is 6.20 Å². The second-order valence-corrected chi connectivity index (χ2v) is 6.25. The summed E-state index contributed by atoms with van der Waals surface area (Å²) in [4.78, 5) is 28.3. The van der Waals surface area contributed by atoms with E-state index in [1.54, 1.807) is 6.20 Å². The molecule has 1 aromatic heterocycles. The number of imidazole rings is 1. The lowest BCUT2D eigenvalue weighted by Crippen LogP contribution is -2.52. The molecule has 0 atom stereocenters. The zero-order chi connectivity index (χ0) is 14.9. The van der Waals surface area contributed by atoms with Gasteiger partial charge in [-0.15, -0.1) is 0 Å². The molecule has 0 radical (unpaired) electrons. The van der Waals surface area contributed by atoms with Crippen LogP contribution >= 0.6 is 0 Å². The van der Waals surface area contributed by atoms with E-state index in [0.717, 1.165) is 57.3 Å². The van der Waals surface area contributed by atoms with E-state index < -0.39 is 5.54 Å². The van der Waals surface area contributed by atoms with Crippen LogP contribution in [0.4, 0.5) is 0 Å². The first-order valence-electron chi connectivity index (χ1n) is 7.75. The van der Waals surface area contributed by atoms with Crippen LogP contribution in [0.2, 0.25) is 0 Å². The Morgan fingerprint density at radius 1 is 1.29 bits per heavy atom. The molecular weight excluding hydrogens is 268 g/mol. The van der Waals surface area contributed by atoms with Gasteiger partial charge in [-0.1, -0.05) is 19.3 Å². The van der Waals surface area contributed by atoms with Crippen LogP contribution in [-0.4, -0.2) is 26.9 Å². The summed E-state index contributed by atoms with van der Waals surface area (Å²) in [6.07, 6.45) is 8.68. The molecule has 6 heteroatoms. The number of primary amides is 1. The number of carbonyl (C=O) groups excluding carboxylic acids is 2. The Hall–Kier alpha value is -1.85. The third kappa shape index (κ3) is 2.80. The Kier molecular flexibility index (Phi) is 3.69. The van der Waals surface area contributed by atoms with Crippen molar-refractivity contribution in [3.63, 3.8) is 0 Å². The van der Waals surface area contributed by atoms with Crippen molar-refractivity contribution in [2.24, 2.45) is 5.73 Å². The fourth-order valence-corrected chi connectivity index (χ4v) is 3.65. The molecule has 6 nitrogen and oxygen atoms in total. The Morgan fingerprint density at radius 3 is 2.76 bits per heavy atom. The maximum Gasteiger partial charge on any atom is 0.270 e. The number of nitrogens with zero attached hydrogens (tertiary/aromatic N) is 2. The molecule has 2 aliphatic rings. The van der Waals surface area contributed by atoms with Crippen molar-refractivity contribution in [1.82, 2.24) is 14.9 Å². The van der Waals surface area contributed by atoms with Gasteiger partial charge >= 0.3 is 0 Å². The van der Waals surface area contributed by atoms with Crippen LogP contribution in [0.1, 0.15) is 61.3 Å². The second kappa shape index (κ2) is 5.50. The van der Waals surface area contributed by atoms with E-state index in [2.05, 4.69) is 10.3 Å². The van der Waals surface area contributed by atoms with Crippen LogP contribution in [0.15, 0.2) is 6.20 Å². The molecule has 3 N–H and O–H groups in total. The predicted molar refractivity (Wildman–Crippen MR) is 77.6 cm³/mol. The quantitative estimate of drug-likeness (QED) is 0.871. The van der Waals surface area contributed by atoms with Crippen LogP contribution in [0.5, 0.6) is 0 Å². The largest absolute Gasteiger partial charge is 0.370 e. The number of hydrogen-bond acceptors (Lipinski definition) is 3. The molecule has 114 valence electrons. The van der Waals surface area contributed by atoms with E-state index >= 15 is 0 Å². The fraction of sp³-hybridized carbons (Fsp3) is 0.667. The lowest BCUT2D eigenvalue weighted by Gasteiger charge is -2.37. The Balaban J connectivity index is 1.78. The summed E-state index contributed by atoms with van der Waals surface area (Å²) in [5.74, 6) is 0.502. The van der Waals surface area contributed by atoms with Crippen molar-refractivity contribution < 1.29 is 9.59 Å². The third-order valence-electron chi connectivity index (χ3n) is 4.65. The molecule has 2 amide bonds. The minimum Gasteiger partial charge on any atom is -0.370 e. The molecular formula is C15H22N4O2. The molecule has 0 bridgehead atoms. The molecule has 2 heterocycles. The number of carbonyl (C=O) groups is 2. The van der Waals surface area contributed by atoms with E-state index in [9.17, 15) is 9.59 Å². The molecule has 1 aliphatic carbocycles. The summed E-state index contributed by atoms with van der Waals surface area (Å²) in [6.45, 7) is 0.848. The maximum absolute atomic E-state index is 12.6. The minimum atomic E-state index is -0.468. The van der Waals surface area contributed by atoms with Gasteiger partial charge in [0.1, 0.15) is 11.5 Å². The summed E-state index contributed by atoms with van der Waals surface area (Å²) in [7, 11) is 0. The SMILES string of the molecule is NC(=O)CC1(NC(=O)c2cnc3n2CCC3)CCCCC1. The van der Waals surface area contributed by atoms with Crippen molar-refractivity contribution in [1.29, 1.82) is 0 Å². The van der Waals surface area contributed by atoms with E-state index in [-0.39, 0.29) is 18.2 Å². The second-order valence-electron chi connectivity index (χ2n) is 6.25. The lowest BCUT2D eigenvalue weighted by molar-refractivity contribution is -0.119. The summed E-state index contributed by atoms with van der Waals surface area (Å²) in [5.41, 5.74) is 5.53. The monoisotopic (exact) mass is 290 g/mol. The standard InChI is InChI=1S/C15H22N4O2/c16-12(20)9-15(6-2-1-3-7-15)18-14(21)11-10-17-13-5-4-8-19(11)13/h10H,1-9H2,(H2,16,20)(H,18,21). The van der Waals surface area contributed by atoms with Crippen molar-refractivity contribution >= 4 is 11.8 Å². The average molecular weight is 290 g/mol. The maximum atomic E-state index is 12.6. The van der Waals surface area contributed by atoms with Gasteiger partial charge in [-0.25, -0.2) is 4.98 Å². The third-order valence-corrected chi connectivity index (χ3v) is 4.65. The van der Waals surface area contributed by atoms with Crippen LogP contribution in [0, 0.1) is 0 Å². The van der Waals surface area contributed by atoms with Gasteiger partial charge < -0.3 is 15.6 Å². The van der Waals surface area contributed by atoms with Gasteiger partial charge in [0, 0.05) is 24.9 Å². The first-order chi connectivity index (χ1) is 10.1. The fourth-order valence-electron chi connectivity index (χ4n) is 3.65. The van der Waals surface area contributed by atoms with Crippen molar-refractivity contribution in [2.45, 2.75) is 63.5 Å². The molecule has 1 aliphatic heterocycles. The highest BCUT2D eigenvalue weighted by atomic mass is 16.2. The molecule has 21 heavy (non-hydrogen) atoms. The number of aryl methyl sites for hydroxylation is 1.